The van der Waals surface area contributed by atoms with Crippen LogP contribution in [0.1, 0.15) is 36.3 Å². The molecule has 2 heteroatoms. The monoisotopic (exact) mass is 270 g/mol. The summed E-state index contributed by atoms with van der Waals surface area (Å²) in [6.07, 6.45) is 6.19. The summed E-state index contributed by atoms with van der Waals surface area (Å²) in [7, 11) is 0. The molecule has 108 valence electrons. The highest BCUT2D eigenvalue weighted by molar-refractivity contribution is 5.61. The van der Waals surface area contributed by atoms with Gasteiger partial charge in [-0.3, -0.25) is 0 Å². The minimum absolute atomic E-state index is 0.669. The van der Waals surface area contributed by atoms with Gasteiger partial charge in [0.25, 0.3) is 0 Å². The average Bonchev–Trinajstić information content (AvgIpc) is 2.78. The molecule has 1 unspecified atom stereocenters. The topological polar surface area (TPSA) is 6.48 Å². The lowest BCUT2D eigenvalue weighted by Gasteiger charge is -2.29. The van der Waals surface area contributed by atoms with E-state index in [0.717, 1.165) is 13.1 Å². The van der Waals surface area contributed by atoms with E-state index < -0.39 is 0 Å². The van der Waals surface area contributed by atoms with Crippen LogP contribution in [-0.2, 0) is 0 Å². The molecular formula is C18H26N2. The molecule has 0 saturated carbocycles. The van der Waals surface area contributed by atoms with Gasteiger partial charge >= 0.3 is 0 Å². The van der Waals surface area contributed by atoms with Crippen LogP contribution in [0.5, 0.6) is 0 Å². The predicted molar refractivity (Wildman–Crippen MR) is 86.6 cm³/mol. The van der Waals surface area contributed by atoms with E-state index in [0.29, 0.717) is 5.92 Å². The molecule has 0 aromatic heterocycles. The minimum atomic E-state index is 0.669. The summed E-state index contributed by atoms with van der Waals surface area (Å²) in [6.45, 7) is 12.0. The second-order valence-electron chi connectivity index (χ2n) is 6.31. The maximum absolute atomic E-state index is 3.90. The SMILES string of the molecule is C=CCN1CC(CN2CCCCC2)c2cc(C)ccc21. The summed E-state index contributed by atoms with van der Waals surface area (Å²) in [5, 5.41) is 0. The predicted octanol–water partition coefficient (Wildman–Crippen LogP) is 3.57. The number of anilines is 1. The van der Waals surface area contributed by atoms with Crippen molar-refractivity contribution in [3.05, 3.63) is 42.0 Å². The molecule has 0 spiro atoms. The third kappa shape index (κ3) is 2.76. The van der Waals surface area contributed by atoms with E-state index in [1.54, 1.807) is 5.56 Å². The zero-order valence-electron chi connectivity index (χ0n) is 12.6. The molecule has 2 aliphatic rings. The van der Waals surface area contributed by atoms with E-state index >= 15 is 0 Å². The van der Waals surface area contributed by atoms with Crippen LogP contribution in [0, 0.1) is 6.92 Å². The van der Waals surface area contributed by atoms with Gasteiger partial charge in [-0.05, 0) is 44.5 Å². The van der Waals surface area contributed by atoms with E-state index in [2.05, 4.69) is 41.5 Å². The van der Waals surface area contributed by atoms with Crippen LogP contribution < -0.4 is 4.90 Å². The zero-order valence-corrected chi connectivity index (χ0v) is 12.6. The number of piperidine rings is 1. The highest BCUT2D eigenvalue weighted by Crippen LogP contribution is 2.37. The Hall–Kier alpha value is -1.28. The van der Waals surface area contributed by atoms with Gasteiger partial charge in [-0.2, -0.15) is 0 Å². The Morgan fingerprint density at radius 3 is 2.80 bits per heavy atom. The Labute approximate surface area is 123 Å². The normalized spacial score (nSPS) is 22.9. The fourth-order valence-corrected chi connectivity index (χ4v) is 3.69. The van der Waals surface area contributed by atoms with Crippen molar-refractivity contribution in [2.45, 2.75) is 32.1 Å². The van der Waals surface area contributed by atoms with E-state index in [-0.39, 0.29) is 0 Å². The van der Waals surface area contributed by atoms with E-state index in [1.807, 2.05) is 6.08 Å². The Morgan fingerprint density at radius 2 is 2.05 bits per heavy atom. The van der Waals surface area contributed by atoms with Crippen molar-refractivity contribution in [3.63, 3.8) is 0 Å². The van der Waals surface area contributed by atoms with Gasteiger partial charge < -0.3 is 9.80 Å². The summed E-state index contributed by atoms with van der Waals surface area (Å²) < 4.78 is 0. The van der Waals surface area contributed by atoms with Crippen molar-refractivity contribution in [1.29, 1.82) is 0 Å². The van der Waals surface area contributed by atoms with Gasteiger partial charge in [-0.25, -0.2) is 0 Å². The third-order valence-electron chi connectivity index (χ3n) is 4.68. The molecule has 1 aromatic rings. The second kappa shape index (κ2) is 6.01. The van der Waals surface area contributed by atoms with Crippen LogP contribution in [0.2, 0.25) is 0 Å². The smallest absolute Gasteiger partial charge is 0.0406 e. The second-order valence-corrected chi connectivity index (χ2v) is 6.31. The molecule has 0 bridgehead atoms. The van der Waals surface area contributed by atoms with Crippen molar-refractivity contribution >= 4 is 5.69 Å². The summed E-state index contributed by atoms with van der Waals surface area (Å²) in [4.78, 5) is 5.15. The summed E-state index contributed by atoms with van der Waals surface area (Å²) in [5.74, 6) is 0.669. The number of aryl methyl sites for hydroxylation is 1. The van der Waals surface area contributed by atoms with Gasteiger partial charge in [-0.1, -0.05) is 30.2 Å². The standard InChI is InChI=1S/C18H26N2/c1-3-9-20-14-16(13-19-10-5-4-6-11-19)17-12-15(2)7-8-18(17)20/h3,7-8,12,16H,1,4-6,9-11,13-14H2,2H3. The Morgan fingerprint density at radius 1 is 1.25 bits per heavy atom. The first-order valence-corrected chi connectivity index (χ1v) is 7.96. The molecule has 2 heterocycles. The van der Waals surface area contributed by atoms with Gasteiger partial charge in [0.2, 0.25) is 0 Å². The molecule has 0 aliphatic carbocycles. The zero-order chi connectivity index (χ0) is 13.9. The van der Waals surface area contributed by atoms with Crippen LogP contribution in [0.15, 0.2) is 30.9 Å². The fourth-order valence-electron chi connectivity index (χ4n) is 3.69. The molecule has 2 nitrogen and oxygen atoms in total. The maximum Gasteiger partial charge on any atom is 0.0406 e. The van der Waals surface area contributed by atoms with Crippen LogP contribution >= 0.6 is 0 Å². The van der Waals surface area contributed by atoms with Crippen LogP contribution in [0.3, 0.4) is 0 Å². The van der Waals surface area contributed by atoms with Crippen molar-refractivity contribution < 1.29 is 0 Å². The number of hydrogen-bond acceptors (Lipinski definition) is 2. The molecule has 0 N–H and O–H groups in total. The van der Waals surface area contributed by atoms with Gasteiger partial charge in [0.15, 0.2) is 0 Å². The molecule has 20 heavy (non-hydrogen) atoms. The Bertz CT molecular complexity index is 474. The van der Waals surface area contributed by atoms with Gasteiger partial charge in [0, 0.05) is 31.2 Å². The van der Waals surface area contributed by atoms with Crippen molar-refractivity contribution in [2.24, 2.45) is 0 Å². The lowest BCUT2D eigenvalue weighted by molar-refractivity contribution is 0.218. The van der Waals surface area contributed by atoms with E-state index in [1.165, 1.54) is 50.1 Å². The molecule has 0 amide bonds. The van der Waals surface area contributed by atoms with Gasteiger partial charge in [0.1, 0.15) is 0 Å². The quantitative estimate of drug-likeness (QED) is 0.772. The lowest BCUT2D eigenvalue weighted by atomic mass is 9.98. The number of fused-ring (bicyclic) bond motifs is 1. The summed E-state index contributed by atoms with van der Waals surface area (Å²) in [5.41, 5.74) is 4.36. The molecule has 1 saturated heterocycles. The number of benzene rings is 1. The number of hydrogen-bond donors (Lipinski definition) is 0. The highest BCUT2D eigenvalue weighted by Gasteiger charge is 2.29. The van der Waals surface area contributed by atoms with Crippen molar-refractivity contribution in [1.82, 2.24) is 4.90 Å². The molecule has 1 atom stereocenters. The van der Waals surface area contributed by atoms with E-state index in [9.17, 15) is 0 Å². The maximum atomic E-state index is 3.90. The Kier molecular flexibility index (Phi) is 4.11. The fraction of sp³-hybridized carbons (Fsp3) is 0.556. The van der Waals surface area contributed by atoms with Gasteiger partial charge in [0.05, 0.1) is 0 Å². The molecular weight excluding hydrogens is 244 g/mol. The molecule has 1 aromatic carbocycles. The first-order chi connectivity index (χ1) is 9.78. The molecule has 2 aliphatic heterocycles. The van der Waals surface area contributed by atoms with E-state index in [4.69, 9.17) is 0 Å². The average molecular weight is 270 g/mol. The summed E-state index contributed by atoms with van der Waals surface area (Å²) in [6, 6.07) is 6.93. The Balaban J connectivity index is 1.78. The number of rotatable bonds is 4. The third-order valence-corrected chi connectivity index (χ3v) is 4.68. The minimum Gasteiger partial charge on any atom is -0.367 e. The van der Waals surface area contributed by atoms with Gasteiger partial charge in [-0.15, -0.1) is 6.58 Å². The first kappa shape index (κ1) is 13.7. The molecule has 0 radical (unpaired) electrons. The number of likely N-dealkylation sites (tertiary alicyclic amines) is 1. The largest absolute Gasteiger partial charge is 0.367 e. The van der Waals surface area contributed by atoms with Crippen molar-refractivity contribution in [2.75, 3.05) is 37.6 Å². The van der Waals surface area contributed by atoms with Crippen LogP contribution in [0.25, 0.3) is 0 Å². The van der Waals surface area contributed by atoms with Crippen LogP contribution in [0.4, 0.5) is 5.69 Å². The lowest BCUT2D eigenvalue weighted by Crippen LogP contribution is -2.35. The van der Waals surface area contributed by atoms with Crippen molar-refractivity contribution in [3.8, 4) is 0 Å². The highest BCUT2D eigenvalue weighted by atomic mass is 15.2. The summed E-state index contributed by atoms with van der Waals surface area (Å²) >= 11 is 0. The molecule has 1 fully saturated rings. The van der Waals surface area contributed by atoms with Crippen LogP contribution in [-0.4, -0.2) is 37.6 Å². The first-order valence-electron chi connectivity index (χ1n) is 7.96. The molecule has 3 rings (SSSR count). The number of nitrogens with zero attached hydrogens (tertiary/aromatic N) is 2.